The highest BCUT2D eigenvalue weighted by atomic mass is 35.5. The minimum absolute atomic E-state index is 0.143. The molecule has 0 spiro atoms. The third kappa shape index (κ3) is 5.17. The van der Waals surface area contributed by atoms with E-state index >= 15 is 0 Å². The Morgan fingerprint density at radius 2 is 2.17 bits per heavy atom. The van der Waals surface area contributed by atoms with E-state index in [9.17, 15) is 4.79 Å². The Morgan fingerprint density at radius 1 is 1.44 bits per heavy atom. The number of carbonyl (C=O) groups is 1. The van der Waals surface area contributed by atoms with Crippen molar-refractivity contribution in [1.82, 2.24) is 4.90 Å². The number of nitrogens with one attached hydrogen (secondary N) is 1. The SMILES string of the molecule is CCN(CC=C(Cl)Cl)C(=O)Nc1cccc(Cl)c1. The van der Waals surface area contributed by atoms with Crippen LogP contribution in [-0.4, -0.2) is 24.0 Å². The summed E-state index contributed by atoms with van der Waals surface area (Å²) in [6, 6.07) is 6.72. The average Bonchev–Trinajstić information content (AvgIpc) is 2.29. The van der Waals surface area contributed by atoms with Gasteiger partial charge in [0.15, 0.2) is 0 Å². The van der Waals surface area contributed by atoms with Crippen LogP contribution in [0.2, 0.25) is 5.02 Å². The van der Waals surface area contributed by atoms with Gasteiger partial charge in [0.2, 0.25) is 0 Å². The molecule has 0 aliphatic heterocycles. The van der Waals surface area contributed by atoms with Crippen LogP contribution in [-0.2, 0) is 0 Å². The molecule has 1 N–H and O–H groups in total. The van der Waals surface area contributed by atoms with Crippen molar-refractivity contribution in [2.24, 2.45) is 0 Å². The Balaban J connectivity index is 2.65. The van der Waals surface area contributed by atoms with E-state index in [4.69, 9.17) is 34.8 Å². The second-order valence-corrected chi connectivity index (χ2v) is 4.92. The molecule has 0 unspecified atom stereocenters. The van der Waals surface area contributed by atoms with E-state index in [2.05, 4.69) is 5.32 Å². The normalized spacial score (nSPS) is 9.78. The number of rotatable bonds is 4. The Hall–Kier alpha value is -0.900. The molecule has 1 aromatic carbocycles. The molecule has 0 saturated heterocycles. The van der Waals surface area contributed by atoms with Crippen LogP contribution in [0.1, 0.15) is 6.92 Å². The van der Waals surface area contributed by atoms with Gasteiger partial charge in [0, 0.05) is 23.8 Å². The second-order valence-electron chi connectivity index (χ2n) is 3.47. The van der Waals surface area contributed by atoms with Crippen molar-refractivity contribution in [2.75, 3.05) is 18.4 Å². The summed E-state index contributed by atoms with van der Waals surface area (Å²) in [5.41, 5.74) is 0.645. The first-order chi connectivity index (χ1) is 8.52. The van der Waals surface area contributed by atoms with Crippen LogP contribution >= 0.6 is 34.8 Å². The van der Waals surface area contributed by atoms with Gasteiger partial charge in [0.05, 0.1) is 0 Å². The van der Waals surface area contributed by atoms with Gasteiger partial charge in [0.25, 0.3) is 0 Å². The fraction of sp³-hybridized carbons (Fsp3) is 0.250. The van der Waals surface area contributed by atoms with Crippen LogP contribution < -0.4 is 5.32 Å². The molecule has 2 amide bonds. The molecule has 6 heteroatoms. The lowest BCUT2D eigenvalue weighted by atomic mass is 10.3. The van der Waals surface area contributed by atoms with Gasteiger partial charge < -0.3 is 10.2 Å². The largest absolute Gasteiger partial charge is 0.322 e. The second kappa shape index (κ2) is 7.52. The molecule has 0 radical (unpaired) electrons. The first-order valence-electron chi connectivity index (χ1n) is 5.35. The van der Waals surface area contributed by atoms with E-state index in [1.807, 2.05) is 6.92 Å². The maximum atomic E-state index is 11.9. The predicted octanol–water partition coefficient (Wildman–Crippen LogP) is 4.51. The van der Waals surface area contributed by atoms with Crippen molar-refractivity contribution >= 4 is 46.5 Å². The summed E-state index contributed by atoms with van der Waals surface area (Å²) in [7, 11) is 0. The van der Waals surface area contributed by atoms with E-state index in [1.54, 1.807) is 35.2 Å². The molecule has 0 aliphatic carbocycles. The number of amides is 2. The van der Waals surface area contributed by atoms with Gasteiger partial charge in [-0.1, -0.05) is 40.9 Å². The van der Waals surface area contributed by atoms with E-state index < -0.39 is 0 Å². The van der Waals surface area contributed by atoms with Crippen LogP contribution in [0.15, 0.2) is 34.8 Å². The minimum atomic E-state index is -0.231. The van der Waals surface area contributed by atoms with Crippen molar-refractivity contribution in [3.8, 4) is 0 Å². The summed E-state index contributed by atoms with van der Waals surface area (Å²) in [5.74, 6) is 0. The highest BCUT2D eigenvalue weighted by molar-refractivity contribution is 6.55. The summed E-state index contributed by atoms with van der Waals surface area (Å²) < 4.78 is 0.143. The number of anilines is 1. The lowest BCUT2D eigenvalue weighted by Gasteiger charge is -2.19. The number of benzene rings is 1. The standard InChI is InChI=1S/C12H13Cl3N2O/c1-2-17(7-6-11(14)15)12(18)16-10-5-3-4-9(13)8-10/h3-6,8H,2,7H2,1H3,(H,16,18). The van der Waals surface area contributed by atoms with Crippen molar-refractivity contribution < 1.29 is 4.79 Å². The highest BCUT2D eigenvalue weighted by Crippen LogP contribution is 2.15. The first-order valence-corrected chi connectivity index (χ1v) is 6.49. The van der Waals surface area contributed by atoms with E-state index in [1.165, 1.54) is 0 Å². The first kappa shape index (κ1) is 15.2. The lowest BCUT2D eigenvalue weighted by molar-refractivity contribution is 0.219. The van der Waals surface area contributed by atoms with Gasteiger partial charge in [-0.2, -0.15) is 0 Å². The van der Waals surface area contributed by atoms with Crippen LogP contribution in [0, 0.1) is 0 Å². The van der Waals surface area contributed by atoms with E-state index in [0.29, 0.717) is 23.8 Å². The topological polar surface area (TPSA) is 32.3 Å². The Bertz CT molecular complexity index is 445. The maximum Gasteiger partial charge on any atom is 0.322 e. The fourth-order valence-electron chi connectivity index (χ4n) is 1.30. The summed E-state index contributed by atoms with van der Waals surface area (Å²) >= 11 is 16.9. The number of likely N-dealkylation sites (N-methyl/N-ethyl adjacent to an activating group) is 1. The summed E-state index contributed by atoms with van der Waals surface area (Å²) in [4.78, 5) is 13.5. The number of halogens is 3. The molecular weight excluding hydrogens is 295 g/mol. The van der Waals surface area contributed by atoms with Crippen LogP contribution in [0.5, 0.6) is 0 Å². The van der Waals surface area contributed by atoms with E-state index in [-0.39, 0.29) is 10.5 Å². The Labute approximate surface area is 121 Å². The Morgan fingerprint density at radius 3 is 2.72 bits per heavy atom. The zero-order chi connectivity index (χ0) is 13.5. The van der Waals surface area contributed by atoms with Crippen LogP contribution in [0.25, 0.3) is 0 Å². The molecule has 3 nitrogen and oxygen atoms in total. The average molecular weight is 308 g/mol. The van der Waals surface area contributed by atoms with Crippen molar-refractivity contribution in [2.45, 2.75) is 6.92 Å². The van der Waals surface area contributed by atoms with Gasteiger partial charge in [0.1, 0.15) is 4.49 Å². The van der Waals surface area contributed by atoms with Gasteiger partial charge in [-0.15, -0.1) is 0 Å². The molecule has 0 fully saturated rings. The molecule has 0 heterocycles. The molecule has 0 saturated carbocycles. The van der Waals surface area contributed by atoms with Crippen LogP contribution in [0.4, 0.5) is 10.5 Å². The Kier molecular flexibility index (Phi) is 6.33. The summed E-state index contributed by atoms with van der Waals surface area (Å²) in [6.45, 7) is 2.77. The lowest BCUT2D eigenvalue weighted by Crippen LogP contribution is -2.34. The molecule has 0 aromatic heterocycles. The monoisotopic (exact) mass is 306 g/mol. The fourth-order valence-corrected chi connectivity index (χ4v) is 1.63. The number of hydrogen-bond donors (Lipinski definition) is 1. The maximum absolute atomic E-state index is 11.9. The van der Waals surface area contributed by atoms with Crippen molar-refractivity contribution in [1.29, 1.82) is 0 Å². The van der Waals surface area contributed by atoms with Crippen molar-refractivity contribution in [3.63, 3.8) is 0 Å². The minimum Gasteiger partial charge on any atom is -0.321 e. The number of carbonyl (C=O) groups excluding carboxylic acids is 1. The quantitative estimate of drug-likeness (QED) is 0.872. The molecule has 0 atom stereocenters. The molecule has 98 valence electrons. The molecular formula is C12H13Cl3N2O. The van der Waals surface area contributed by atoms with Gasteiger partial charge >= 0.3 is 6.03 Å². The summed E-state index contributed by atoms with van der Waals surface area (Å²) in [5, 5.41) is 3.31. The third-order valence-corrected chi connectivity index (χ3v) is 2.75. The molecule has 1 rings (SSSR count). The van der Waals surface area contributed by atoms with Gasteiger partial charge in [-0.25, -0.2) is 4.79 Å². The third-order valence-electron chi connectivity index (χ3n) is 2.21. The number of nitrogens with zero attached hydrogens (tertiary/aromatic N) is 1. The molecule has 18 heavy (non-hydrogen) atoms. The zero-order valence-electron chi connectivity index (χ0n) is 9.79. The highest BCUT2D eigenvalue weighted by Gasteiger charge is 2.10. The van der Waals surface area contributed by atoms with Gasteiger partial charge in [-0.05, 0) is 31.2 Å². The van der Waals surface area contributed by atoms with Crippen LogP contribution in [0.3, 0.4) is 0 Å². The number of urea groups is 1. The molecule has 0 aliphatic rings. The number of hydrogen-bond acceptors (Lipinski definition) is 1. The van der Waals surface area contributed by atoms with E-state index in [0.717, 1.165) is 0 Å². The van der Waals surface area contributed by atoms with Crippen molar-refractivity contribution in [3.05, 3.63) is 39.9 Å². The predicted molar refractivity (Wildman–Crippen MR) is 77.5 cm³/mol. The molecule has 0 bridgehead atoms. The zero-order valence-corrected chi connectivity index (χ0v) is 12.1. The van der Waals surface area contributed by atoms with Gasteiger partial charge in [-0.3, -0.25) is 0 Å². The molecule has 1 aromatic rings. The summed E-state index contributed by atoms with van der Waals surface area (Å²) in [6.07, 6.45) is 1.56. The smallest absolute Gasteiger partial charge is 0.321 e.